The molecule has 0 aromatic carbocycles. The van der Waals surface area contributed by atoms with Gasteiger partial charge in [-0.3, -0.25) is 4.79 Å². The van der Waals surface area contributed by atoms with Crippen LogP contribution in [-0.4, -0.2) is 34.4 Å². The van der Waals surface area contributed by atoms with Gasteiger partial charge in [0.05, 0.1) is 17.9 Å². The first-order chi connectivity index (χ1) is 16.0. The molecule has 0 aliphatic rings. The van der Waals surface area contributed by atoms with E-state index in [1.54, 1.807) is 0 Å². The Labute approximate surface area is 204 Å². The molecule has 0 saturated heterocycles. The van der Waals surface area contributed by atoms with Crippen molar-refractivity contribution in [1.29, 1.82) is 0 Å². The number of hydrogen-bond acceptors (Lipinski definition) is 8. The van der Waals surface area contributed by atoms with Crippen molar-refractivity contribution in [3.05, 3.63) is 0 Å². The van der Waals surface area contributed by atoms with Crippen LogP contribution >= 0.6 is 0 Å². The van der Waals surface area contributed by atoms with E-state index in [0.29, 0.717) is 38.5 Å². The molecule has 0 spiro atoms. The summed E-state index contributed by atoms with van der Waals surface area (Å²) >= 11 is 0. The maximum atomic E-state index is 13.8. The molecule has 198 valence electrons. The average molecular weight is 484 g/mol. The molecule has 0 rings (SSSR count). The zero-order valence-corrected chi connectivity index (χ0v) is 21.2. The smallest absolute Gasteiger partial charge is 0.151 e. The molecule has 0 amide bonds. The van der Waals surface area contributed by atoms with Gasteiger partial charge in [0.1, 0.15) is 5.60 Å². The normalized spacial score (nSPS) is 14.4. The fraction of sp³-hybridized carbons (Fsp3) is 0.846. The van der Waals surface area contributed by atoms with Gasteiger partial charge >= 0.3 is 0 Å². The third-order valence-corrected chi connectivity index (χ3v) is 6.79. The van der Waals surface area contributed by atoms with E-state index in [4.69, 9.17) is 0 Å². The molecule has 2 unspecified atom stereocenters. The van der Waals surface area contributed by atoms with E-state index in [9.17, 15) is 39.6 Å². The SMILES string of the molecule is CCCCCCC(CCCCCC)(CCCCCC)C(=O)C(C(=O)[O-])C(O)(CC(=O)[O-])C(=O)[O-]. The Morgan fingerprint density at radius 3 is 1.32 bits per heavy atom. The number of unbranched alkanes of at least 4 members (excludes halogenated alkanes) is 9. The minimum atomic E-state index is -3.45. The van der Waals surface area contributed by atoms with Crippen LogP contribution in [0, 0.1) is 11.3 Å². The lowest BCUT2D eigenvalue weighted by Crippen LogP contribution is -2.64. The maximum Gasteiger partial charge on any atom is 0.151 e. The van der Waals surface area contributed by atoms with Gasteiger partial charge in [-0.25, -0.2) is 0 Å². The van der Waals surface area contributed by atoms with Crippen LogP contribution in [-0.2, 0) is 19.2 Å². The summed E-state index contributed by atoms with van der Waals surface area (Å²) < 4.78 is 0. The number of ketones is 1. The Morgan fingerprint density at radius 1 is 0.676 bits per heavy atom. The van der Waals surface area contributed by atoms with E-state index in [-0.39, 0.29) is 0 Å². The second-order valence-electron chi connectivity index (χ2n) is 9.59. The third-order valence-electron chi connectivity index (χ3n) is 6.79. The number of Topliss-reactive ketones (excluding diaryl/α,β-unsaturated/α-hetero) is 1. The summed E-state index contributed by atoms with van der Waals surface area (Å²) in [6, 6.07) is 0. The summed E-state index contributed by atoms with van der Waals surface area (Å²) in [7, 11) is 0. The molecule has 0 fully saturated rings. The molecule has 0 heterocycles. The van der Waals surface area contributed by atoms with E-state index >= 15 is 0 Å². The van der Waals surface area contributed by atoms with Crippen molar-refractivity contribution < 1.29 is 39.6 Å². The van der Waals surface area contributed by atoms with Crippen molar-refractivity contribution in [2.45, 2.75) is 129 Å². The highest BCUT2D eigenvalue weighted by Gasteiger charge is 2.50. The summed E-state index contributed by atoms with van der Waals surface area (Å²) in [5, 5.41) is 45.6. The number of carboxylic acid groups (broad SMARTS) is 3. The van der Waals surface area contributed by atoms with Crippen LogP contribution in [0.4, 0.5) is 0 Å². The van der Waals surface area contributed by atoms with Crippen LogP contribution in [0.15, 0.2) is 0 Å². The fourth-order valence-corrected chi connectivity index (χ4v) is 4.75. The predicted molar refractivity (Wildman–Crippen MR) is 122 cm³/mol. The molecule has 2 atom stereocenters. The van der Waals surface area contributed by atoms with Gasteiger partial charge in [-0.2, -0.15) is 0 Å². The van der Waals surface area contributed by atoms with Crippen molar-refractivity contribution >= 4 is 23.7 Å². The number of carbonyl (C=O) groups excluding carboxylic acids is 4. The largest absolute Gasteiger partial charge is 0.550 e. The monoisotopic (exact) mass is 483 g/mol. The highest BCUT2D eigenvalue weighted by atomic mass is 16.4. The molecular formula is C26H43O8-3. The summed E-state index contributed by atoms with van der Waals surface area (Å²) in [5.74, 6) is -9.97. The summed E-state index contributed by atoms with van der Waals surface area (Å²) in [6.07, 6.45) is 9.60. The highest BCUT2D eigenvalue weighted by Crippen LogP contribution is 2.43. The molecule has 0 saturated carbocycles. The van der Waals surface area contributed by atoms with Crippen molar-refractivity contribution in [2.75, 3.05) is 0 Å². The molecule has 0 aliphatic heterocycles. The minimum Gasteiger partial charge on any atom is -0.550 e. The Morgan fingerprint density at radius 2 is 1.06 bits per heavy atom. The van der Waals surface area contributed by atoms with Crippen LogP contribution in [0.2, 0.25) is 0 Å². The maximum absolute atomic E-state index is 13.8. The standard InChI is InChI=1S/C26H46O8/c1-4-7-10-13-16-25(17-14-11-8-5-2,18-15-12-9-6-3)22(29)21(23(30)31)26(34,24(32)33)19-20(27)28/h21,34H,4-19H2,1-3H3,(H,27,28)(H,30,31)(H,32,33)/p-3. The second kappa shape index (κ2) is 16.6. The Bertz CT molecular complexity index is 613. The van der Waals surface area contributed by atoms with Crippen molar-refractivity contribution in [1.82, 2.24) is 0 Å². The summed E-state index contributed by atoms with van der Waals surface area (Å²) in [4.78, 5) is 48.8. The zero-order valence-electron chi connectivity index (χ0n) is 21.2. The number of hydrogen-bond donors (Lipinski definition) is 1. The van der Waals surface area contributed by atoms with E-state index < -0.39 is 47.0 Å². The summed E-state index contributed by atoms with van der Waals surface area (Å²) in [5.41, 5.74) is -4.63. The number of carbonyl (C=O) groups is 4. The second-order valence-corrected chi connectivity index (χ2v) is 9.59. The Hall–Kier alpha value is -1.96. The van der Waals surface area contributed by atoms with E-state index in [2.05, 4.69) is 0 Å². The first-order valence-corrected chi connectivity index (χ1v) is 12.9. The van der Waals surface area contributed by atoms with Gasteiger partial charge in [0.25, 0.3) is 0 Å². The third kappa shape index (κ3) is 10.1. The van der Waals surface area contributed by atoms with Crippen molar-refractivity contribution in [3.8, 4) is 0 Å². The van der Waals surface area contributed by atoms with Gasteiger partial charge < -0.3 is 34.8 Å². The minimum absolute atomic E-state index is 0.350. The molecule has 1 N–H and O–H groups in total. The first kappa shape index (κ1) is 32.0. The van der Waals surface area contributed by atoms with Gasteiger partial charge in [0.2, 0.25) is 0 Å². The number of aliphatic carboxylic acids is 3. The topological polar surface area (TPSA) is 158 Å². The Balaban J connectivity index is 6.35. The number of carboxylic acids is 3. The summed E-state index contributed by atoms with van der Waals surface area (Å²) in [6.45, 7) is 6.12. The number of aliphatic hydroxyl groups is 1. The van der Waals surface area contributed by atoms with Crippen molar-refractivity contribution in [2.24, 2.45) is 11.3 Å². The van der Waals surface area contributed by atoms with Crippen LogP contribution in [0.5, 0.6) is 0 Å². The van der Waals surface area contributed by atoms with Crippen molar-refractivity contribution in [3.63, 3.8) is 0 Å². The molecule has 8 nitrogen and oxygen atoms in total. The van der Waals surface area contributed by atoms with Gasteiger partial charge in [0, 0.05) is 17.8 Å². The predicted octanol–water partition coefficient (Wildman–Crippen LogP) is 1.44. The van der Waals surface area contributed by atoms with Crippen LogP contribution < -0.4 is 15.3 Å². The average Bonchev–Trinajstić information content (AvgIpc) is 2.75. The zero-order chi connectivity index (χ0) is 26.2. The van der Waals surface area contributed by atoms with Crippen LogP contribution in [0.25, 0.3) is 0 Å². The molecule has 34 heavy (non-hydrogen) atoms. The van der Waals surface area contributed by atoms with Gasteiger partial charge in [-0.05, 0) is 19.3 Å². The molecule has 0 bridgehead atoms. The quantitative estimate of drug-likeness (QED) is 0.179. The van der Waals surface area contributed by atoms with Crippen LogP contribution in [0.1, 0.15) is 124 Å². The first-order valence-electron chi connectivity index (χ1n) is 12.9. The Kier molecular flexibility index (Phi) is 15.7. The van der Waals surface area contributed by atoms with E-state index in [1.165, 1.54) is 0 Å². The van der Waals surface area contributed by atoms with E-state index in [0.717, 1.165) is 57.8 Å². The number of rotatable bonds is 22. The van der Waals surface area contributed by atoms with Gasteiger partial charge in [0.15, 0.2) is 5.78 Å². The molecule has 0 aromatic rings. The lowest BCUT2D eigenvalue weighted by molar-refractivity contribution is -0.345. The molecular weight excluding hydrogens is 440 g/mol. The molecule has 0 aromatic heterocycles. The van der Waals surface area contributed by atoms with Gasteiger partial charge in [-0.15, -0.1) is 0 Å². The molecule has 8 heteroatoms. The van der Waals surface area contributed by atoms with Gasteiger partial charge in [-0.1, -0.05) is 97.8 Å². The lowest BCUT2D eigenvalue weighted by atomic mass is 9.64. The fourth-order valence-electron chi connectivity index (χ4n) is 4.75. The lowest BCUT2D eigenvalue weighted by Gasteiger charge is -2.43. The molecule has 0 radical (unpaired) electrons. The highest BCUT2D eigenvalue weighted by molar-refractivity contribution is 6.06. The van der Waals surface area contributed by atoms with Crippen LogP contribution in [0.3, 0.4) is 0 Å². The van der Waals surface area contributed by atoms with E-state index in [1.807, 2.05) is 20.8 Å². The molecule has 0 aliphatic carbocycles.